The van der Waals surface area contributed by atoms with Crippen LogP contribution in [-0.2, 0) is 0 Å². The van der Waals surface area contributed by atoms with Crippen molar-refractivity contribution in [1.82, 2.24) is 14.8 Å². The summed E-state index contributed by atoms with van der Waals surface area (Å²) in [6, 6.07) is 18.7. The van der Waals surface area contributed by atoms with Gasteiger partial charge in [-0.1, -0.05) is 18.2 Å². The van der Waals surface area contributed by atoms with Crippen molar-refractivity contribution in [2.24, 2.45) is 0 Å². The van der Waals surface area contributed by atoms with Gasteiger partial charge in [-0.25, -0.2) is 4.98 Å². The SMILES string of the molecule is COc1ccc(-c2csc(-n3nc(C)cc3NC(=O)c3cc4ccccc4o3)n2)cc1. The van der Waals surface area contributed by atoms with Crippen LogP contribution in [0.4, 0.5) is 5.82 Å². The highest BCUT2D eigenvalue weighted by atomic mass is 32.1. The number of amides is 1. The van der Waals surface area contributed by atoms with Gasteiger partial charge in [-0.05, 0) is 43.3 Å². The summed E-state index contributed by atoms with van der Waals surface area (Å²) in [6.07, 6.45) is 0. The fourth-order valence-corrected chi connectivity index (χ4v) is 4.06. The van der Waals surface area contributed by atoms with Gasteiger partial charge in [0.05, 0.1) is 18.5 Å². The van der Waals surface area contributed by atoms with Gasteiger partial charge in [0.15, 0.2) is 5.76 Å². The minimum Gasteiger partial charge on any atom is -0.497 e. The number of carbonyl (C=O) groups excluding carboxylic acids is 1. The summed E-state index contributed by atoms with van der Waals surface area (Å²) in [6.45, 7) is 1.87. The van der Waals surface area contributed by atoms with Crippen LogP contribution in [0.15, 0.2) is 70.5 Å². The molecule has 3 heterocycles. The zero-order valence-corrected chi connectivity index (χ0v) is 17.6. The standard InChI is InChI=1S/C23H18N4O3S/c1-14-11-21(25-22(28)20-12-16-5-3-4-6-19(16)30-20)27(26-14)23-24-18(13-31-23)15-7-9-17(29-2)10-8-15/h3-13H,1-2H3,(H,25,28). The van der Waals surface area contributed by atoms with E-state index in [2.05, 4.69) is 10.4 Å². The smallest absolute Gasteiger partial charge is 0.292 e. The number of carbonyl (C=O) groups is 1. The molecule has 0 radical (unpaired) electrons. The first kappa shape index (κ1) is 19.1. The van der Waals surface area contributed by atoms with Crippen molar-refractivity contribution in [3.05, 3.63) is 77.5 Å². The molecule has 1 amide bonds. The normalized spacial score (nSPS) is 11.0. The minimum absolute atomic E-state index is 0.240. The van der Waals surface area contributed by atoms with Crippen molar-refractivity contribution in [2.75, 3.05) is 12.4 Å². The van der Waals surface area contributed by atoms with E-state index in [0.717, 1.165) is 28.1 Å². The Kier molecular flexibility index (Phi) is 4.76. The molecule has 1 N–H and O–H groups in total. The molecule has 0 atom stereocenters. The topological polar surface area (TPSA) is 82.2 Å². The lowest BCUT2D eigenvalue weighted by Crippen LogP contribution is -2.14. The van der Waals surface area contributed by atoms with Crippen molar-refractivity contribution < 1.29 is 13.9 Å². The largest absolute Gasteiger partial charge is 0.497 e. The first-order valence-corrected chi connectivity index (χ1v) is 10.5. The third-order valence-electron chi connectivity index (χ3n) is 4.78. The molecule has 0 bridgehead atoms. The number of hydrogen-bond acceptors (Lipinski definition) is 6. The lowest BCUT2D eigenvalue weighted by molar-refractivity contribution is 0.0998. The Morgan fingerprint density at radius 1 is 1.13 bits per heavy atom. The average Bonchev–Trinajstić information content (AvgIpc) is 3.51. The quantitative estimate of drug-likeness (QED) is 0.409. The van der Waals surface area contributed by atoms with E-state index in [9.17, 15) is 4.79 Å². The molecule has 31 heavy (non-hydrogen) atoms. The van der Waals surface area contributed by atoms with Crippen LogP contribution in [0.2, 0.25) is 0 Å². The summed E-state index contributed by atoms with van der Waals surface area (Å²) in [4.78, 5) is 17.5. The van der Waals surface area contributed by atoms with Crippen LogP contribution in [0.3, 0.4) is 0 Å². The lowest BCUT2D eigenvalue weighted by atomic mass is 10.2. The third kappa shape index (κ3) is 3.69. The van der Waals surface area contributed by atoms with E-state index in [1.165, 1.54) is 11.3 Å². The van der Waals surface area contributed by atoms with Crippen LogP contribution in [-0.4, -0.2) is 27.8 Å². The first-order chi connectivity index (χ1) is 15.1. The van der Waals surface area contributed by atoms with Gasteiger partial charge in [0, 0.05) is 22.4 Å². The predicted molar refractivity (Wildman–Crippen MR) is 120 cm³/mol. The molecule has 2 aromatic carbocycles. The van der Waals surface area contributed by atoms with E-state index in [1.54, 1.807) is 23.9 Å². The van der Waals surface area contributed by atoms with Crippen molar-refractivity contribution in [3.63, 3.8) is 0 Å². The zero-order valence-electron chi connectivity index (χ0n) is 16.8. The molecule has 154 valence electrons. The number of methoxy groups -OCH3 is 1. The number of nitrogens with zero attached hydrogens (tertiary/aromatic N) is 3. The number of aromatic nitrogens is 3. The minimum atomic E-state index is -0.343. The zero-order chi connectivity index (χ0) is 21.4. The maximum Gasteiger partial charge on any atom is 0.292 e. The van der Waals surface area contributed by atoms with Gasteiger partial charge in [-0.15, -0.1) is 11.3 Å². The molecule has 0 spiro atoms. The predicted octanol–water partition coefficient (Wildman–Crippen LogP) is 5.31. The average molecular weight is 430 g/mol. The van der Waals surface area contributed by atoms with E-state index >= 15 is 0 Å². The van der Waals surface area contributed by atoms with Gasteiger partial charge < -0.3 is 14.5 Å². The molecule has 0 aliphatic rings. The molecule has 0 saturated heterocycles. The summed E-state index contributed by atoms with van der Waals surface area (Å²) in [5.41, 5.74) is 3.23. The first-order valence-electron chi connectivity index (χ1n) is 9.57. The molecule has 0 unspecified atom stereocenters. The molecule has 0 fully saturated rings. The second-order valence-electron chi connectivity index (χ2n) is 6.93. The molecule has 0 saturated carbocycles. The van der Waals surface area contributed by atoms with Crippen molar-refractivity contribution in [3.8, 4) is 22.1 Å². The van der Waals surface area contributed by atoms with Crippen LogP contribution in [0.25, 0.3) is 27.4 Å². The van der Waals surface area contributed by atoms with E-state index < -0.39 is 0 Å². The van der Waals surface area contributed by atoms with Gasteiger partial charge in [-0.3, -0.25) is 4.79 Å². The molecule has 3 aromatic heterocycles. The summed E-state index contributed by atoms with van der Waals surface area (Å²) in [7, 11) is 1.64. The molecule has 5 rings (SSSR count). The number of aryl methyl sites for hydroxylation is 1. The highest BCUT2D eigenvalue weighted by molar-refractivity contribution is 7.12. The monoisotopic (exact) mass is 430 g/mol. The highest BCUT2D eigenvalue weighted by Gasteiger charge is 2.18. The molecule has 0 aliphatic carbocycles. The number of para-hydroxylation sites is 1. The fourth-order valence-electron chi connectivity index (χ4n) is 3.26. The Balaban J connectivity index is 1.42. The van der Waals surface area contributed by atoms with E-state index in [-0.39, 0.29) is 11.7 Å². The van der Waals surface area contributed by atoms with Crippen molar-refractivity contribution in [1.29, 1.82) is 0 Å². The molecule has 7 nitrogen and oxygen atoms in total. The van der Waals surface area contributed by atoms with Crippen LogP contribution in [0.5, 0.6) is 5.75 Å². The van der Waals surface area contributed by atoms with Crippen LogP contribution < -0.4 is 10.1 Å². The molecule has 8 heteroatoms. The van der Waals surface area contributed by atoms with Crippen LogP contribution in [0, 0.1) is 6.92 Å². The maximum absolute atomic E-state index is 12.8. The Morgan fingerprint density at radius 3 is 2.71 bits per heavy atom. The third-order valence-corrected chi connectivity index (χ3v) is 5.60. The van der Waals surface area contributed by atoms with Crippen LogP contribution in [0.1, 0.15) is 16.2 Å². The summed E-state index contributed by atoms with van der Waals surface area (Å²) in [5, 5.41) is 10.9. The van der Waals surface area contributed by atoms with E-state index in [0.29, 0.717) is 16.5 Å². The van der Waals surface area contributed by atoms with Crippen molar-refractivity contribution >= 4 is 34.0 Å². The van der Waals surface area contributed by atoms with E-state index in [4.69, 9.17) is 14.1 Å². The number of hydrogen-bond donors (Lipinski definition) is 1. The van der Waals surface area contributed by atoms with Gasteiger partial charge >= 0.3 is 0 Å². The Hall–Kier alpha value is -3.91. The van der Waals surface area contributed by atoms with Crippen LogP contribution >= 0.6 is 11.3 Å². The second-order valence-corrected chi connectivity index (χ2v) is 7.77. The van der Waals surface area contributed by atoms with Crippen molar-refractivity contribution in [2.45, 2.75) is 6.92 Å². The van der Waals surface area contributed by atoms with Gasteiger partial charge in [0.2, 0.25) is 5.13 Å². The molecular weight excluding hydrogens is 412 g/mol. The number of anilines is 1. The Bertz CT molecular complexity index is 1350. The molecular formula is C23H18N4O3S. The number of rotatable bonds is 5. The number of benzene rings is 2. The maximum atomic E-state index is 12.8. The van der Waals surface area contributed by atoms with Gasteiger partial charge in [-0.2, -0.15) is 9.78 Å². The Morgan fingerprint density at radius 2 is 1.94 bits per heavy atom. The summed E-state index contributed by atoms with van der Waals surface area (Å²) < 4.78 is 12.5. The number of fused-ring (bicyclic) bond motifs is 1. The van der Waals surface area contributed by atoms with E-state index in [1.807, 2.05) is 60.8 Å². The molecule has 5 aromatic rings. The summed E-state index contributed by atoms with van der Waals surface area (Å²) in [5.74, 6) is 1.21. The van der Waals surface area contributed by atoms with Gasteiger partial charge in [0.1, 0.15) is 17.2 Å². The lowest BCUT2D eigenvalue weighted by Gasteiger charge is -2.05. The highest BCUT2D eigenvalue weighted by Crippen LogP contribution is 2.28. The Labute approximate surface area is 181 Å². The molecule has 0 aliphatic heterocycles. The number of nitrogens with one attached hydrogen (secondary N) is 1. The summed E-state index contributed by atoms with van der Waals surface area (Å²) >= 11 is 1.45. The van der Waals surface area contributed by atoms with Gasteiger partial charge in [0.25, 0.3) is 5.91 Å². The number of thiazole rings is 1. The number of furan rings is 1. The second kappa shape index (κ2) is 7.73. The number of ether oxygens (including phenoxy) is 1. The fraction of sp³-hybridized carbons (Fsp3) is 0.0870.